The lowest BCUT2D eigenvalue weighted by Gasteiger charge is -2.09. The maximum absolute atomic E-state index is 13.0. The first kappa shape index (κ1) is 16.0. The molecule has 3 nitrogen and oxygen atoms in total. The Labute approximate surface area is 141 Å². The molecule has 1 heterocycles. The fourth-order valence-electron chi connectivity index (χ4n) is 2.55. The summed E-state index contributed by atoms with van der Waals surface area (Å²) in [6, 6.07) is 14.2. The molecule has 0 saturated carbocycles. The molecule has 0 aliphatic rings. The topological polar surface area (TPSA) is 27.1 Å². The quantitative estimate of drug-likeness (QED) is 0.689. The summed E-state index contributed by atoms with van der Waals surface area (Å²) in [5, 5.41) is 0. The number of hydrogen-bond donors (Lipinski definition) is 0. The van der Waals surface area contributed by atoms with Gasteiger partial charge in [-0.1, -0.05) is 18.2 Å². The molecular formula is C20H19FN2O. The van der Waals surface area contributed by atoms with Crippen molar-refractivity contribution in [1.29, 1.82) is 0 Å². The van der Waals surface area contributed by atoms with Gasteiger partial charge in [0.15, 0.2) is 0 Å². The maximum Gasteiger partial charge on any atom is 0.137 e. The largest absolute Gasteiger partial charge is 0.497 e. The molecule has 0 spiro atoms. The molecular weight excluding hydrogens is 303 g/mol. The number of imidazole rings is 1. The van der Waals surface area contributed by atoms with E-state index >= 15 is 0 Å². The van der Waals surface area contributed by atoms with Crippen molar-refractivity contribution >= 4 is 12.2 Å². The molecule has 3 aromatic rings. The summed E-state index contributed by atoms with van der Waals surface area (Å²) in [6.45, 7) is 4.03. The van der Waals surface area contributed by atoms with Crippen molar-refractivity contribution in [1.82, 2.24) is 9.55 Å². The number of nitrogens with zero attached hydrogens (tertiary/aromatic N) is 2. The van der Waals surface area contributed by atoms with E-state index < -0.39 is 0 Å². The molecule has 0 radical (unpaired) electrons. The molecule has 2 aromatic carbocycles. The van der Waals surface area contributed by atoms with Gasteiger partial charge in [-0.05, 0) is 61.9 Å². The molecule has 4 heteroatoms. The van der Waals surface area contributed by atoms with E-state index in [0.29, 0.717) is 0 Å². The summed E-state index contributed by atoms with van der Waals surface area (Å²) in [7, 11) is 1.65. The first-order valence-electron chi connectivity index (χ1n) is 7.72. The van der Waals surface area contributed by atoms with E-state index in [1.54, 1.807) is 19.2 Å². The second-order valence-corrected chi connectivity index (χ2v) is 5.56. The predicted octanol–water partition coefficient (Wildman–Crippen LogP) is 4.81. The molecule has 0 bridgehead atoms. The Kier molecular flexibility index (Phi) is 4.47. The van der Waals surface area contributed by atoms with E-state index in [-0.39, 0.29) is 5.82 Å². The average molecular weight is 322 g/mol. The van der Waals surface area contributed by atoms with Gasteiger partial charge in [0.1, 0.15) is 17.4 Å². The highest BCUT2D eigenvalue weighted by Crippen LogP contribution is 2.22. The van der Waals surface area contributed by atoms with Crippen LogP contribution < -0.4 is 4.74 Å². The number of aryl methyl sites for hydroxylation is 1. The van der Waals surface area contributed by atoms with Gasteiger partial charge in [-0.3, -0.25) is 4.57 Å². The van der Waals surface area contributed by atoms with Gasteiger partial charge in [-0.15, -0.1) is 0 Å². The zero-order valence-electron chi connectivity index (χ0n) is 14.0. The number of aromatic nitrogens is 2. The van der Waals surface area contributed by atoms with Crippen LogP contribution in [0.2, 0.25) is 0 Å². The van der Waals surface area contributed by atoms with Crippen molar-refractivity contribution in [3.8, 4) is 11.4 Å². The van der Waals surface area contributed by atoms with Crippen LogP contribution >= 0.6 is 0 Å². The van der Waals surface area contributed by atoms with Crippen molar-refractivity contribution in [2.45, 2.75) is 13.8 Å². The zero-order valence-corrected chi connectivity index (χ0v) is 14.0. The van der Waals surface area contributed by atoms with E-state index in [4.69, 9.17) is 4.74 Å². The molecule has 0 atom stereocenters. The Morgan fingerprint density at radius 3 is 2.25 bits per heavy atom. The highest BCUT2D eigenvalue weighted by molar-refractivity contribution is 5.68. The van der Waals surface area contributed by atoms with Crippen molar-refractivity contribution < 1.29 is 9.13 Å². The van der Waals surface area contributed by atoms with E-state index in [9.17, 15) is 4.39 Å². The minimum atomic E-state index is -0.237. The molecule has 0 N–H and O–H groups in total. The van der Waals surface area contributed by atoms with Crippen LogP contribution in [-0.2, 0) is 0 Å². The first-order chi connectivity index (χ1) is 11.6. The summed E-state index contributed by atoms with van der Waals surface area (Å²) in [4.78, 5) is 4.63. The maximum atomic E-state index is 13.0. The van der Waals surface area contributed by atoms with Gasteiger partial charge in [0, 0.05) is 11.4 Å². The van der Waals surface area contributed by atoms with Gasteiger partial charge >= 0.3 is 0 Å². The Morgan fingerprint density at radius 1 is 0.958 bits per heavy atom. The minimum Gasteiger partial charge on any atom is -0.497 e. The zero-order chi connectivity index (χ0) is 17.1. The van der Waals surface area contributed by atoms with Crippen LogP contribution in [0.3, 0.4) is 0 Å². The van der Waals surface area contributed by atoms with Crippen LogP contribution in [0, 0.1) is 19.7 Å². The minimum absolute atomic E-state index is 0.237. The first-order valence-corrected chi connectivity index (χ1v) is 7.72. The van der Waals surface area contributed by atoms with E-state index in [1.165, 1.54) is 12.1 Å². The standard InChI is InChI=1S/C20H19FN2O/c1-14-15(2)23(18-9-11-19(24-3)12-10-18)20(22-14)13-6-16-4-7-17(21)8-5-16/h4-13H,1-3H3. The highest BCUT2D eigenvalue weighted by Gasteiger charge is 2.10. The van der Waals surface area contributed by atoms with E-state index in [1.807, 2.05) is 50.3 Å². The number of hydrogen-bond acceptors (Lipinski definition) is 2. The molecule has 0 aliphatic carbocycles. The predicted molar refractivity (Wildman–Crippen MR) is 94.9 cm³/mol. The third-order valence-electron chi connectivity index (χ3n) is 4.00. The van der Waals surface area contributed by atoms with Gasteiger partial charge in [-0.25, -0.2) is 9.37 Å². The average Bonchev–Trinajstić information content (AvgIpc) is 2.89. The molecule has 0 saturated heterocycles. The second-order valence-electron chi connectivity index (χ2n) is 5.56. The number of benzene rings is 2. The van der Waals surface area contributed by atoms with Crippen LogP contribution in [-0.4, -0.2) is 16.7 Å². The normalized spacial score (nSPS) is 11.2. The van der Waals surface area contributed by atoms with Gasteiger partial charge in [-0.2, -0.15) is 0 Å². The third-order valence-corrected chi connectivity index (χ3v) is 4.00. The van der Waals surface area contributed by atoms with Crippen molar-refractivity contribution in [3.05, 3.63) is 77.1 Å². The molecule has 122 valence electrons. The fraction of sp³-hybridized carbons (Fsp3) is 0.150. The fourth-order valence-corrected chi connectivity index (χ4v) is 2.55. The van der Waals surface area contributed by atoms with Gasteiger partial charge in [0.2, 0.25) is 0 Å². The van der Waals surface area contributed by atoms with Crippen molar-refractivity contribution in [2.75, 3.05) is 7.11 Å². The monoisotopic (exact) mass is 322 g/mol. The summed E-state index contributed by atoms with van der Waals surface area (Å²) >= 11 is 0. The van der Waals surface area contributed by atoms with Gasteiger partial charge in [0.25, 0.3) is 0 Å². The second kappa shape index (κ2) is 6.71. The van der Waals surface area contributed by atoms with Crippen LogP contribution in [0.4, 0.5) is 4.39 Å². The van der Waals surface area contributed by atoms with Crippen molar-refractivity contribution in [2.24, 2.45) is 0 Å². The SMILES string of the molecule is COc1ccc(-n2c(C=Cc3ccc(F)cc3)nc(C)c2C)cc1. The number of rotatable bonds is 4. The molecule has 0 fully saturated rings. The molecule has 0 unspecified atom stereocenters. The molecule has 0 amide bonds. The summed E-state index contributed by atoms with van der Waals surface area (Å²) in [5.41, 5.74) is 4.01. The smallest absolute Gasteiger partial charge is 0.137 e. The molecule has 3 rings (SSSR count). The van der Waals surface area contributed by atoms with Crippen LogP contribution in [0.15, 0.2) is 48.5 Å². The van der Waals surface area contributed by atoms with Crippen LogP contribution in [0.5, 0.6) is 5.75 Å². The van der Waals surface area contributed by atoms with E-state index in [2.05, 4.69) is 9.55 Å². The molecule has 1 aromatic heterocycles. The highest BCUT2D eigenvalue weighted by atomic mass is 19.1. The van der Waals surface area contributed by atoms with Crippen molar-refractivity contribution in [3.63, 3.8) is 0 Å². The lowest BCUT2D eigenvalue weighted by molar-refractivity contribution is 0.414. The van der Waals surface area contributed by atoms with Gasteiger partial charge in [0.05, 0.1) is 12.8 Å². The van der Waals surface area contributed by atoms with E-state index in [0.717, 1.165) is 34.2 Å². The Bertz CT molecular complexity index is 862. The Balaban J connectivity index is 1.99. The molecule has 24 heavy (non-hydrogen) atoms. The van der Waals surface area contributed by atoms with Gasteiger partial charge < -0.3 is 4.74 Å². The number of halogens is 1. The summed E-state index contributed by atoms with van der Waals surface area (Å²) in [6.07, 6.45) is 3.87. The van der Waals surface area contributed by atoms with Crippen LogP contribution in [0.1, 0.15) is 22.8 Å². The number of methoxy groups -OCH3 is 1. The lowest BCUT2D eigenvalue weighted by Crippen LogP contribution is -1.99. The summed E-state index contributed by atoms with van der Waals surface area (Å²) < 4.78 is 20.3. The third kappa shape index (κ3) is 3.23. The summed E-state index contributed by atoms with van der Waals surface area (Å²) in [5.74, 6) is 1.41. The number of ether oxygens (including phenoxy) is 1. The molecule has 0 aliphatic heterocycles. The Morgan fingerprint density at radius 2 is 1.62 bits per heavy atom. The Hall–Kier alpha value is -2.88. The van der Waals surface area contributed by atoms with Crippen LogP contribution in [0.25, 0.3) is 17.8 Å². The lowest BCUT2D eigenvalue weighted by atomic mass is 10.2.